The van der Waals surface area contributed by atoms with Crippen LogP contribution in [0.1, 0.15) is 40.0 Å². The van der Waals surface area contributed by atoms with E-state index in [-0.39, 0.29) is 18.9 Å². The Morgan fingerprint density at radius 1 is 1.19 bits per heavy atom. The van der Waals surface area contributed by atoms with Gasteiger partial charge in [0.05, 0.1) is 0 Å². The quantitative estimate of drug-likeness (QED) is 0.724. The van der Waals surface area contributed by atoms with Gasteiger partial charge in [-0.1, -0.05) is 6.92 Å². The van der Waals surface area contributed by atoms with Gasteiger partial charge in [0.1, 0.15) is 6.54 Å². The van der Waals surface area contributed by atoms with Gasteiger partial charge in [-0.05, 0) is 32.6 Å². The number of rotatable bonds is 8. The highest BCUT2D eigenvalue weighted by Crippen LogP contribution is 2.18. The van der Waals surface area contributed by atoms with Crippen LogP contribution in [0.15, 0.2) is 0 Å². The largest absolute Gasteiger partial charge is 0.481 e. The fraction of sp³-hybridized carbons (Fsp3) is 0.846. The number of nitrogens with zero attached hydrogens (tertiary/aromatic N) is 1. The van der Waals surface area contributed by atoms with Crippen LogP contribution in [0.2, 0.25) is 0 Å². The van der Waals surface area contributed by atoms with Crippen LogP contribution in [0.25, 0.3) is 0 Å². The first kappa shape index (κ1) is 19.5. The van der Waals surface area contributed by atoms with Gasteiger partial charge in [-0.3, -0.25) is 4.79 Å². The molecule has 1 unspecified atom stereocenters. The van der Waals surface area contributed by atoms with Crippen LogP contribution in [-0.4, -0.2) is 47.3 Å². The van der Waals surface area contributed by atoms with Gasteiger partial charge < -0.3 is 15.3 Å². The molecule has 0 aromatic rings. The minimum absolute atomic E-state index is 0.0430. The summed E-state index contributed by atoms with van der Waals surface area (Å²) in [6.45, 7) is 3.80. The van der Waals surface area contributed by atoms with Gasteiger partial charge in [0.25, 0.3) is 0 Å². The lowest BCUT2D eigenvalue weighted by Gasteiger charge is -2.28. The molecule has 2 N–H and O–H groups in total. The van der Waals surface area contributed by atoms with E-state index in [2.05, 4.69) is 5.32 Å². The van der Waals surface area contributed by atoms with Gasteiger partial charge in [-0.25, -0.2) is 4.79 Å². The molecule has 2 amide bonds. The molecule has 0 fully saturated rings. The standard InChI is InChI=1S/C13H23F3N2O3/c1-9(2)18(8-13(14,15)16)12(21)17-7-6-10(3)4-5-11(19)20/h9-10H,4-8H2,1-3H3,(H,17,21)(H,19,20). The molecule has 0 aliphatic carbocycles. The average Bonchev–Trinajstić information content (AvgIpc) is 2.31. The van der Waals surface area contributed by atoms with Crippen molar-refractivity contribution in [2.24, 2.45) is 5.92 Å². The van der Waals surface area contributed by atoms with E-state index < -0.39 is 30.8 Å². The number of hydrogen-bond donors (Lipinski definition) is 2. The second-order valence-corrected chi connectivity index (χ2v) is 5.40. The van der Waals surface area contributed by atoms with Crippen molar-refractivity contribution >= 4 is 12.0 Å². The number of halogens is 3. The van der Waals surface area contributed by atoms with Crippen molar-refractivity contribution in [3.8, 4) is 0 Å². The molecule has 0 rings (SSSR count). The maximum atomic E-state index is 12.4. The molecule has 0 spiro atoms. The summed E-state index contributed by atoms with van der Waals surface area (Å²) in [5.74, 6) is -0.807. The maximum Gasteiger partial charge on any atom is 0.406 e. The Hall–Kier alpha value is -1.47. The van der Waals surface area contributed by atoms with Crippen molar-refractivity contribution in [2.75, 3.05) is 13.1 Å². The van der Waals surface area contributed by atoms with Crippen molar-refractivity contribution in [2.45, 2.75) is 52.3 Å². The van der Waals surface area contributed by atoms with Crippen molar-refractivity contribution in [3.63, 3.8) is 0 Å². The molecule has 0 aromatic heterocycles. The lowest BCUT2D eigenvalue weighted by molar-refractivity contribution is -0.142. The highest BCUT2D eigenvalue weighted by Gasteiger charge is 2.34. The summed E-state index contributed by atoms with van der Waals surface area (Å²) in [6.07, 6.45) is -3.39. The SMILES string of the molecule is CC(CCNC(=O)N(CC(F)(F)F)C(C)C)CCC(=O)O. The third kappa shape index (κ3) is 9.97. The summed E-state index contributed by atoms with van der Waals surface area (Å²) in [6, 6.07) is -1.32. The van der Waals surface area contributed by atoms with Crippen molar-refractivity contribution in [1.82, 2.24) is 10.2 Å². The predicted octanol–water partition coefficient (Wildman–Crippen LogP) is 2.86. The van der Waals surface area contributed by atoms with Crippen molar-refractivity contribution < 1.29 is 27.9 Å². The van der Waals surface area contributed by atoms with Crippen LogP contribution in [0.5, 0.6) is 0 Å². The molecule has 0 aliphatic heterocycles. The number of carboxylic acids is 1. The molecule has 0 saturated heterocycles. The number of nitrogens with one attached hydrogen (secondary N) is 1. The lowest BCUT2D eigenvalue weighted by Crippen LogP contribution is -2.48. The van der Waals surface area contributed by atoms with Crippen LogP contribution < -0.4 is 5.32 Å². The zero-order valence-electron chi connectivity index (χ0n) is 12.5. The number of carbonyl (C=O) groups is 2. The summed E-state index contributed by atoms with van der Waals surface area (Å²) in [7, 11) is 0. The van der Waals surface area contributed by atoms with Gasteiger partial charge in [0.15, 0.2) is 0 Å². The van der Waals surface area contributed by atoms with Crippen LogP contribution in [0.4, 0.5) is 18.0 Å². The molecule has 0 heterocycles. The Morgan fingerprint density at radius 2 is 1.76 bits per heavy atom. The third-order valence-corrected chi connectivity index (χ3v) is 3.00. The van der Waals surface area contributed by atoms with E-state index in [1.807, 2.05) is 6.92 Å². The molecule has 0 aromatic carbocycles. The number of amides is 2. The second kappa shape index (κ2) is 8.74. The molecule has 1 atom stereocenters. The lowest BCUT2D eigenvalue weighted by atomic mass is 10.0. The first-order chi connectivity index (χ1) is 9.53. The van der Waals surface area contributed by atoms with E-state index in [0.717, 1.165) is 4.90 Å². The molecule has 5 nitrogen and oxygen atoms in total. The average molecular weight is 312 g/mol. The van der Waals surface area contributed by atoms with E-state index in [4.69, 9.17) is 5.11 Å². The zero-order chi connectivity index (χ0) is 16.6. The zero-order valence-corrected chi connectivity index (χ0v) is 12.5. The normalized spacial score (nSPS) is 13.1. The molecule has 0 saturated carbocycles. The van der Waals surface area contributed by atoms with Crippen LogP contribution in [-0.2, 0) is 4.79 Å². The highest BCUT2D eigenvalue weighted by molar-refractivity contribution is 5.74. The summed E-state index contributed by atoms with van der Waals surface area (Å²) in [5.41, 5.74) is 0. The predicted molar refractivity (Wildman–Crippen MR) is 71.9 cm³/mol. The molecule has 0 aliphatic rings. The molecule has 0 radical (unpaired) electrons. The first-order valence-corrected chi connectivity index (χ1v) is 6.86. The molecule has 8 heteroatoms. The fourth-order valence-corrected chi connectivity index (χ4v) is 1.72. The van der Waals surface area contributed by atoms with Gasteiger partial charge in [-0.2, -0.15) is 13.2 Å². The molecular formula is C13H23F3N2O3. The number of carbonyl (C=O) groups excluding carboxylic acids is 1. The van der Waals surface area contributed by atoms with Gasteiger partial charge in [0, 0.05) is 19.0 Å². The molecular weight excluding hydrogens is 289 g/mol. The number of alkyl halides is 3. The van der Waals surface area contributed by atoms with Crippen molar-refractivity contribution in [1.29, 1.82) is 0 Å². The monoisotopic (exact) mass is 312 g/mol. The van der Waals surface area contributed by atoms with E-state index >= 15 is 0 Å². The van der Waals surface area contributed by atoms with Crippen LogP contribution in [0.3, 0.4) is 0 Å². The fourth-order valence-electron chi connectivity index (χ4n) is 1.72. The summed E-state index contributed by atoms with van der Waals surface area (Å²) >= 11 is 0. The number of aliphatic carboxylic acids is 1. The maximum absolute atomic E-state index is 12.4. The first-order valence-electron chi connectivity index (χ1n) is 6.86. The Labute approximate surface area is 122 Å². The minimum atomic E-state index is -4.43. The topological polar surface area (TPSA) is 69.6 Å². The smallest absolute Gasteiger partial charge is 0.406 e. The Balaban J connectivity index is 4.17. The summed E-state index contributed by atoms with van der Waals surface area (Å²) in [4.78, 5) is 22.9. The Morgan fingerprint density at radius 3 is 2.19 bits per heavy atom. The van der Waals surface area contributed by atoms with E-state index in [1.54, 1.807) is 0 Å². The van der Waals surface area contributed by atoms with E-state index in [0.29, 0.717) is 12.8 Å². The summed E-state index contributed by atoms with van der Waals surface area (Å²) in [5, 5.41) is 11.0. The van der Waals surface area contributed by atoms with Crippen LogP contribution in [0, 0.1) is 5.92 Å². The second-order valence-electron chi connectivity index (χ2n) is 5.40. The van der Waals surface area contributed by atoms with Gasteiger partial charge in [-0.15, -0.1) is 0 Å². The van der Waals surface area contributed by atoms with E-state index in [9.17, 15) is 22.8 Å². The van der Waals surface area contributed by atoms with Crippen LogP contribution >= 0.6 is 0 Å². The molecule has 21 heavy (non-hydrogen) atoms. The highest BCUT2D eigenvalue weighted by atomic mass is 19.4. The molecule has 0 bridgehead atoms. The third-order valence-electron chi connectivity index (χ3n) is 3.00. The van der Waals surface area contributed by atoms with Gasteiger partial charge >= 0.3 is 18.2 Å². The number of hydrogen-bond acceptors (Lipinski definition) is 2. The molecule has 124 valence electrons. The number of carboxylic acid groups (broad SMARTS) is 1. The van der Waals surface area contributed by atoms with Crippen molar-refractivity contribution in [3.05, 3.63) is 0 Å². The van der Waals surface area contributed by atoms with E-state index in [1.165, 1.54) is 13.8 Å². The Bertz CT molecular complexity index is 346. The summed E-state index contributed by atoms with van der Waals surface area (Å²) < 4.78 is 37.1. The Kier molecular flexibility index (Phi) is 8.12. The van der Waals surface area contributed by atoms with Gasteiger partial charge in [0.2, 0.25) is 0 Å². The number of urea groups is 1. The minimum Gasteiger partial charge on any atom is -0.481 e.